The van der Waals surface area contributed by atoms with E-state index in [1.807, 2.05) is 18.2 Å². The molecule has 0 atom stereocenters. The van der Waals surface area contributed by atoms with Gasteiger partial charge in [-0.15, -0.1) is 0 Å². The van der Waals surface area contributed by atoms with Crippen LogP contribution in [-0.2, 0) is 6.54 Å². The van der Waals surface area contributed by atoms with Crippen molar-refractivity contribution in [2.75, 3.05) is 17.7 Å². The van der Waals surface area contributed by atoms with E-state index < -0.39 is 0 Å². The van der Waals surface area contributed by atoms with Gasteiger partial charge in [0.25, 0.3) is 0 Å². The fourth-order valence-corrected chi connectivity index (χ4v) is 1.48. The minimum Gasteiger partial charge on any atom is -0.491 e. The van der Waals surface area contributed by atoms with Gasteiger partial charge in [-0.05, 0) is 18.6 Å². The van der Waals surface area contributed by atoms with Crippen molar-refractivity contribution in [3.63, 3.8) is 0 Å². The van der Waals surface area contributed by atoms with Crippen LogP contribution < -0.4 is 15.8 Å². The zero-order valence-electron chi connectivity index (χ0n) is 10.2. The summed E-state index contributed by atoms with van der Waals surface area (Å²) in [6, 6.07) is 5.62. The number of ether oxygens (including phenoxy) is 1. The van der Waals surface area contributed by atoms with Gasteiger partial charge < -0.3 is 20.3 Å². The van der Waals surface area contributed by atoms with Gasteiger partial charge in [0, 0.05) is 0 Å². The van der Waals surface area contributed by atoms with Crippen molar-refractivity contribution in [3.8, 4) is 5.75 Å². The van der Waals surface area contributed by atoms with Crippen LogP contribution in [-0.4, -0.2) is 16.7 Å². The first-order chi connectivity index (χ1) is 8.81. The number of nitrogens with zero attached hydrogens (tertiary/aromatic N) is 2. The molecule has 6 heteroatoms. The Morgan fingerprint density at radius 1 is 1.44 bits per heavy atom. The number of nitrogens with one attached hydrogen (secondary N) is 1. The molecule has 0 unspecified atom stereocenters. The van der Waals surface area contributed by atoms with Crippen molar-refractivity contribution in [3.05, 3.63) is 30.4 Å². The number of benzene rings is 1. The second-order valence-electron chi connectivity index (χ2n) is 3.77. The highest BCUT2D eigenvalue weighted by molar-refractivity contribution is 5.72. The third kappa shape index (κ3) is 2.91. The van der Waals surface area contributed by atoms with Gasteiger partial charge in [-0.2, -0.15) is 4.98 Å². The molecule has 0 saturated heterocycles. The Bertz CT molecular complexity index is 485. The summed E-state index contributed by atoms with van der Waals surface area (Å²) in [5.41, 5.74) is 7.40. The van der Waals surface area contributed by atoms with Gasteiger partial charge in [-0.3, -0.25) is 0 Å². The monoisotopic (exact) mass is 248 g/mol. The highest BCUT2D eigenvalue weighted by atomic mass is 16.5. The average molecular weight is 248 g/mol. The fraction of sp³-hybridized carbons (Fsp3) is 0.333. The standard InChI is InChI=1S/C12H16N4O2/c1-2-6-17-10-5-3-4-9(12(10)13)14-7-11-15-8-18-16-11/h3-5,8,14H,2,6-7,13H2,1H3. The van der Waals surface area contributed by atoms with Gasteiger partial charge in [0.1, 0.15) is 5.75 Å². The van der Waals surface area contributed by atoms with Gasteiger partial charge in [0.2, 0.25) is 6.39 Å². The van der Waals surface area contributed by atoms with Crippen LogP contribution in [0, 0.1) is 0 Å². The molecule has 0 aliphatic carbocycles. The highest BCUT2D eigenvalue weighted by Gasteiger charge is 2.06. The van der Waals surface area contributed by atoms with Crippen LogP contribution in [0.5, 0.6) is 5.75 Å². The number of aromatic nitrogens is 2. The number of hydrogen-bond donors (Lipinski definition) is 2. The van der Waals surface area contributed by atoms with Crippen molar-refractivity contribution in [2.45, 2.75) is 19.9 Å². The molecule has 6 nitrogen and oxygen atoms in total. The van der Waals surface area contributed by atoms with E-state index in [9.17, 15) is 0 Å². The first-order valence-electron chi connectivity index (χ1n) is 5.81. The molecule has 0 aliphatic rings. The van der Waals surface area contributed by atoms with Gasteiger partial charge in [0.05, 0.1) is 24.5 Å². The summed E-state index contributed by atoms with van der Waals surface area (Å²) in [7, 11) is 0. The summed E-state index contributed by atoms with van der Waals surface area (Å²) >= 11 is 0. The average Bonchev–Trinajstić information content (AvgIpc) is 2.89. The zero-order chi connectivity index (χ0) is 12.8. The molecule has 0 aliphatic heterocycles. The van der Waals surface area contributed by atoms with Crippen LogP contribution >= 0.6 is 0 Å². The van der Waals surface area contributed by atoms with Gasteiger partial charge in [-0.25, -0.2) is 0 Å². The Morgan fingerprint density at radius 3 is 3.06 bits per heavy atom. The Kier molecular flexibility index (Phi) is 4.01. The molecule has 0 bridgehead atoms. The second-order valence-corrected chi connectivity index (χ2v) is 3.77. The lowest BCUT2D eigenvalue weighted by atomic mass is 10.2. The molecule has 96 valence electrons. The molecule has 2 rings (SSSR count). The molecule has 0 saturated carbocycles. The van der Waals surface area contributed by atoms with Crippen LogP contribution in [0.1, 0.15) is 19.2 Å². The molecule has 0 fully saturated rings. The van der Waals surface area contributed by atoms with Crippen LogP contribution in [0.15, 0.2) is 29.1 Å². The first kappa shape index (κ1) is 12.2. The highest BCUT2D eigenvalue weighted by Crippen LogP contribution is 2.29. The Morgan fingerprint density at radius 2 is 2.33 bits per heavy atom. The summed E-state index contributed by atoms with van der Waals surface area (Å²) in [6.45, 7) is 3.16. The molecule has 18 heavy (non-hydrogen) atoms. The SMILES string of the molecule is CCCOc1cccc(NCc2ncon2)c1N. The summed E-state index contributed by atoms with van der Waals surface area (Å²) in [5, 5.41) is 6.85. The lowest BCUT2D eigenvalue weighted by Gasteiger charge is -2.12. The van der Waals surface area contributed by atoms with E-state index in [1.165, 1.54) is 6.39 Å². The van der Waals surface area contributed by atoms with E-state index in [0.717, 1.165) is 12.1 Å². The Labute approximate surface area is 105 Å². The smallest absolute Gasteiger partial charge is 0.213 e. The Balaban J connectivity index is 2.03. The van der Waals surface area contributed by atoms with E-state index >= 15 is 0 Å². The lowest BCUT2D eigenvalue weighted by Crippen LogP contribution is -2.06. The van der Waals surface area contributed by atoms with Crippen LogP contribution in [0.3, 0.4) is 0 Å². The van der Waals surface area contributed by atoms with Gasteiger partial charge >= 0.3 is 0 Å². The fourth-order valence-electron chi connectivity index (χ4n) is 1.48. The van der Waals surface area contributed by atoms with E-state index in [2.05, 4.69) is 26.9 Å². The maximum atomic E-state index is 6.01. The number of anilines is 2. The number of para-hydroxylation sites is 1. The minimum atomic E-state index is 0.456. The van der Waals surface area contributed by atoms with E-state index in [4.69, 9.17) is 10.5 Å². The summed E-state index contributed by atoms with van der Waals surface area (Å²) in [4.78, 5) is 3.92. The van der Waals surface area contributed by atoms with E-state index in [1.54, 1.807) is 0 Å². The van der Waals surface area contributed by atoms with Gasteiger partial charge in [0.15, 0.2) is 5.82 Å². The molecular weight excluding hydrogens is 232 g/mol. The molecule has 0 spiro atoms. The number of hydrogen-bond acceptors (Lipinski definition) is 6. The largest absolute Gasteiger partial charge is 0.491 e. The minimum absolute atomic E-state index is 0.456. The maximum absolute atomic E-state index is 6.01. The number of rotatable bonds is 6. The molecule has 1 aromatic heterocycles. The van der Waals surface area contributed by atoms with Crippen LogP contribution in [0.4, 0.5) is 11.4 Å². The van der Waals surface area contributed by atoms with E-state index in [0.29, 0.717) is 30.4 Å². The zero-order valence-corrected chi connectivity index (χ0v) is 10.2. The summed E-state index contributed by atoms with van der Waals surface area (Å²) in [6.07, 6.45) is 2.24. The van der Waals surface area contributed by atoms with E-state index in [-0.39, 0.29) is 0 Å². The predicted octanol–water partition coefficient (Wildman–Crippen LogP) is 2.05. The molecule has 1 aromatic carbocycles. The quantitative estimate of drug-likeness (QED) is 0.761. The van der Waals surface area contributed by atoms with Crippen molar-refractivity contribution in [1.82, 2.24) is 10.1 Å². The predicted molar refractivity (Wildman–Crippen MR) is 68.3 cm³/mol. The van der Waals surface area contributed by atoms with Crippen LogP contribution in [0.2, 0.25) is 0 Å². The van der Waals surface area contributed by atoms with Crippen molar-refractivity contribution in [2.24, 2.45) is 0 Å². The number of nitrogen functional groups attached to an aromatic ring is 1. The molecule has 0 amide bonds. The molecular formula is C12H16N4O2. The van der Waals surface area contributed by atoms with Crippen molar-refractivity contribution < 1.29 is 9.26 Å². The molecule has 1 heterocycles. The summed E-state index contributed by atoms with van der Waals surface area (Å²) < 4.78 is 10.2. The van der Waals surface area contributed by atoms with Crippen molar-refractivity contribution in [1.29, 1.82) is 0 Å². The second kappa shape index (κ2) is 5.90. The Hall–Kier alpha value is -2.24. The molecule has 0 radical (unpaired) electrons. The summed E-state index contributed by atoms with van der Waals surface area (Å²) in [5.74, 6) is 1.27. The third-order valence-electron chi connectivity index (χ3n) is 2.37. The topological polar surface area (TPSA) is 86.2 Å². The molecule has 3 N–H and O–H groups in total. The molecule has 2 aromatic rings. The van der Waals surface area contributed by atoms with Crippen LogP contribution in [0.25, 0.3) is 0 Å². The maximum Gasteiger partial charge on any atom is 0.213 e. The van der Waals surface area contributed by atoms with Crippen molar-refractivity contribution >= 4 is 11.4 Å². The lowest BCUT2D eigenvalue weighted by molar-refractivity contribution is 0.319. The third-order valence-corrected chi connectivity index (χ3v) is 2.37. The van der Waals surface area contributed by atoms with Gasteiger partial charge in [-0.1, -0.05) is 18.1 Å². The first-order valence-corrected chi connectivity index (χ1v) is 5.81. The number of nitrogens with two attached hydrogens (primary N) is 1. The normalized spacial score (nSPS) is 10.3.